The second-order valence-electron chi connectivity index (χ2n) is 7.24. The molecule has 28 heavy (non-hydrogen) atoms. The summed E-state index contributed by atoms with van der Waals surface area (Å²) in [6.07, 6.45) is 11.4. The Balaban J connectivity index is 1.60. The van der Waals surface area contributed by atoms with Crippen molar-refractivity contribution in [3.63, 3.8) is 0 Å². The summed E-state index contributed by atoms with van der Waals surface area (Å²) in [7, 11) is 1.71. The van der Waals surface area contributed by atoms with Crippen molar-refractivity contribution in [2.75, 3.05) is 26.8 Å². The summed E-state index contributed by atoms with van der Waals surface area (Å²) in [6.45, 7) is 2.46. The molecule has 5 nitrogen and oxygen atoms in total. The highest BCUT2D eigenvalue weighted by atomic mass is 32.1. The second kappa shape index (κ2) is 10.4. The van der Waals surface area contributed by atoms with E-state index in [9.17, 15) is 4.79 Å². The van der Waals surface area contributed by atoms with Crippen LogP contribution in [0.1, 0.15) is 41.6 Å². The highest BCUT2D eigenvalue weighted by Gasteiger charge is 2.28. The lowest BCUT2D eigenvalue weighted by atomic mass is 9.94. The summed E-state index contributed by atoms with van der Waals surface area (Å²) in [5.41, 5.74) is 3.16. The normalized spacial score (nSPS) is 19.0. The number of likely N-dealkylation sites (tertiary alicyclic amines) is 1. The lowest BCUT2D eigenvalue weighted by Crippen LogP contribution is -2.51. The molecule has 0 spiro atoms. The average Bonchev–Trinajstić information content (AvgIpc) is 2.75. The maximum absolute atomic E-state index is 12.7. The summed E-state index contributed by atoms with van der Waals surface area (Å²) in [5.74, 6) is -0.145. The van der Waals surface area contributed by atoms with E-state index in [1.54, 1.807) is 7.11 Å². The molecule has 1 saturated heterocycles. The number of allylic oxidation sites excluding steroid dienone is 2. The Morgan fingerprint density at radius 1 is 1.32 bits per heavy atom. The molecular formula is C22H29N3O2S. The van der Waals surface area contributed by atoms with E-state index in [4.69, 9.17) is 17.0 Å². The Morgan fingerprint density at radius 2 is 2.14 bits per heavy atom. The average molecular weight is 400 g/mol. The monoisotopic (exact) mass is 399 g/mol. The van der Waals surface area contributed by atoms with Gasteiger partial charge in [-0.2, -0.15) is 0 Å². The van der Waals surface area contributed by atoms with Crippen LogP contribution in [0.15, 0.2) is 48.2 Å². The topological polar surface area (TPSA) is 53.6 Å². The standard InChI is InChI=1S/C22H29N3O2S/c1-27-15-5-6-17-9-11-18(12-10-17)21(26)24-22(28)25-14-3-2-8-20(25)19-7-4-13-23-16-19/h4,7,9-13,20,23H,2-3,5-6,8,14-16H2,1H3,(H,24,26,28). The van der Waals surface area contributed by atoms with Crippen molar-refractivity contribution >= 4 is 23.2 Å². The molecule has 2 N–H and O–H groups in total. The first kappa shape index (κ1) is 20.6. The minimum atomic E-state index is -0.145. The summed E-state index contributed by atoms with van der Waals surface area (Å²) < 4.78 is 5.08. The van der Waals surface area contributed by atoms with Crippen molar-refractivity contribution in [2.24, 2.45) is 0 Å². The number of nitrogens with zero attached hydrogens (tertiary/aromatic N) is 1. The first-order chi connectivity index (χ1) is 13.7. The van der Waals surface area contributed by atoms with E-state index in [1.807, 2.05) is 36.5 Å². The summed E-state index contributed by atoms with van der Waals surface area (Å²) >= 11 is 5.61. The number of dihydropyridines is 1. The number of benzene rings is 1. The van der Waals surface area contributed by atoms with Crippen molar-refractivity contribution in [1.82, 2.24) is 15.5 Å². The molecule has 1 unspecified atom stereocenters. The number of hydrogen-bond donors (Lipinski definition) is 2. The SMILES string of the molecule is COCCCc1ccc(C(=O)NC(=S)N2CCCCC2C2=CC=CNC2)cc1. The first-order valence-corrected chi connectivity index (χ1v) is 10.4. The van der Waals surface area contributed by atoms with Gasteiger partial charge in [-0.3, -0.25) is 10.1 Å². The molecular weight excluding hydrogens is 370 g/mol. The molecule has 6 heteroatoms. The van der Waals surface area contributed by atoms with Crippen molar-refractivity contribution in [3.8, 4) is 0 Å². The van der Waals surface area contributed by atoms with E-state index in [-0.39, 0.29) is 11.9 Å². The molecule has 0 saturated carbocycles. The van der Waals surface area contributed by atoms with Crippen LogP contribution in [0.25, 0.3) is 0 Å². The Bertz CT molecular complexity index is 743. The molecule has 3 rings (SSSR count). The number of ether oxygens (including phenoxy) is 1. The Kier molecular flexibility index (Phi) is 7.62. The van der Waals surface area contributed by atoms with E-state index in [0.717, 1.165) is 45.4 Å². The van der Waals surface area contributed by atoms with E-state index < -0.39 is 0 Å². The molecule has 1 fully saturated rings. The summed E-state index contributed by atoms with van der Waals surface area (Å²) in [5, 5.41) is 6.73. The van der Waals surface area contributed by atoms with Crippen LogP contribution in [0, 0.1) is 0 Å². The number of rotatable bonds is 6. The number of carbonyl (C=O) groups excluding carboxylic acids is 1. The van der Waals surface area contributed by atoms with Gasteiger partial charge in [0.05, 0.1) is 6.04 Å². The maximum atomic E-state index is 12.7. The van der Waals surface area contributed by atoms with E-state index in [1.165, 1.54) is 17.6 Å². The highest BCUT2D eigenvalue weighted by Crippen LogP contribution is 2.24. The lowest BCUT2D eigenvalue weighted by molar-refractivity contribution is 0.0970. The van der Waals surface area contributed by atoms with Gasteiger partial charge in [-0.25, -0.2) is 0 Å². The van der Waals surface area contributed by atoms with Gasteiger partial charge in [-0.15, -0.1) is 0 Å². The zero-order valence-corrected chi connectivity index (χ0v) is 17.3. The summed E-state index contributed by atoms with van der Waals surface area (Å²) in [6, 6.07) is 7.99. The van der Waals surface area contributed by atoms with E-state index >= 15 is 0 Å². The predicted molar refractivity (Wildman–Crippen MR) is 116 cm³/mol. The molecule has 0 aliphatic carbocycles. The van der Waals surface area contributed by atoms with Crippen LogP contribution < -0.4 is 10.6 Å². The smallest absolute Gasteiger partial charge is 0.257 e. The maximum Gasteiger partial charge on any atom is 0.257 e. The van der Waals surface area contributed by atoms with Gasteiger partial charge >= 0.3 is 0 Å². The number of carbonyl (C=O) groups is 1. The van der Waals surface area contributed by atoms with Crippen LogP contribution in [-0.4, -0.2) is 48.8 Å². The number of methoxy groups -OCH3 is 1. The summed E-state index contributed by atoms with van der Waals surface area (Å²) in [4.78, 5) is 14.8. The van der Waals surface area contributed by atoms with Gasteiger partial charge in [0.1, 0.15) is 0 Å². The van der Waals surface area contributed by atoms with Crippen LogP contribution >= 0.6 is 12.2 Å². The Hall–Kier alpha value is -2.18. The minimum absolute atomic E-state index is 0.145. The van der Waals surface area contributed by atoms with Crippen molar-refractivity contribution < 1.29 is 9.53 Å². The van der Waals surface area contributed by atoms with Crippen LogP contribution in [-0.2, 0) is 11.2 Å². The third-order valence-electron chi connectivity index (χ3n) is 5.27. The van der Waals surface area contributed by atoms with E-state index in [0.29, 0.717) is 10.7 Å². The fraction of sp³-hybridized carbons (Fsp3) is 0.455. The minimum Gasteiger partial charge on any atom is -0.387 e. The molecule has 0 aromatic heterocycles. The molecule has 2 aliphatic heterocycles. The molecule has 2 heterocycles. The van der Waals surface area contributed by atoms with Gasteiger partial charge in [0.2, 0.25) is 0 Å². The third-order valence-corrected chi connectivity index (χ3v) is 5.61. The van der Waals surface area contributed by atoms with E-state index in [2.05, 4.69) is 21.6 Å². The molecule has 0 radical (unpaired) electrons. The number of nitrogens with one attached hydrogen (secondary N) is 2. The zero-order chi connectivity index (χ0) is 19.8. The zero-order valence-electron chi connectivity index (χ0n) is 16.4. The van der Waals surface area contributed by atoms with Crippen LogP contribution in [0.4, 0.5) is 0 Å². The van der Waals surface area contributed by atoms with Crippen molar-refractivity contribution in [3.05, 3.63) is 59.3 Å². The van der Waals surface area contributed by atoms with Crippen LogP contribution in [0.3, 0.4) is 0 Å². The van der Waals surface area contributed by atoms with Gasteiger partial charge in [0.15, 0.2) is 5.11 Å². The Morgan fingerprint density at radius 3 is 2.86 bits per heavy atom. The molecule has 0 bridgehead atoms. The number of aryl methyl sites for hydroxylation is 1. The molecule has 2 aliphatic rings. The van der Waals surface area contributed by atoms with Gasteiger partial charge in [-0.1, -0.05) is 18.2 Å². The van der Waals surface area contributed by atoms with Crippen molar-refractivity contribution in [2.45, 2.75) is 38.1 Å². The lowest BCUT2D eigenvalue weighted by Gasteiger charge is -2.39. The number of hydrogen-bond acceptors (Lipinski definition) is 4. The van der Waals surface area contributed by atoms with Crippen LogP contribution in [0.5, 0.6) is 0 Å². The Labute approximate surface area is 172 Å². The van der Waals surface area contributed by atoms with Gasteiger partial charge < -0.3 is 15.0 Å². The number of amides is 1. The molecule has 1 amide bonds. The first-order valence-electron chi connectivity index (χ1n) is 9.98. The molecule has 1 aromatic carbocycles. The van der Waals surface area contributed by atoms with Crippen molar-refractivity contribution in [1.29, 1.82) is 0 Å². The van der Waals surface area contributed by atoms with Gasteiger partial charge in [0, 0.05) is 32.4 Å². The molecule has 1 atom stereocenters. The molecule has 1 aromatic rings. The number of thiocarbonyl (C=S) groups is 1. The predicted octanol–water partition coefficient (Wildman–Crippen LogP) is 3.18. The molecule has 150 valence electrons. The second-order valence-corrected chi connectivity index (χ2v) is 7.63. The van der Waals surface area contributed by atoms with Gasteiger partial charge in [-0.05, 0) is 79.9 Å². The number of piperidine rings is 1. The highest BCUT2D eigenvalue weighted by molar-refractivity contribution is 7.80. The fourth-order valence-electron chi connectivity index (χ4n) is 3.75. The third kappa shape index (κ3) is 5.42. The largest absolute Gasteiger partial charge is 0.387 e. The quantitative estimate of drug-likeness (QED) is 0.568. The van der Waals surface area contributed by atoms with Crippen LogP contribution in [0.2, 0.25) is 0 Å². The van der Waals surface area contributed by atoms with Gasteiger partial charge in [0.25, 0.3) is 5.91 Å². The fourth-order valence-corrected chi connectivity index (χ4v) is 4.06.